The highest BCUT2D eigenvalue weighted by Crippen LogP contribution is 2.01. The zero-order valence-electron chi connectivity index (χ0n) is 11.6. The summed E-state index contributed by atoms with van der Waals surface area (Å²) in [5.41, 5.74) is 6.69. The van der Waals surface area contributed by atoms with Crippen molar-refractivity contribution in [1.29, 1.82) is 0 Å². The van der Waals surface area contributed by atoms with Gasteiger partial charge in [0.2, 0.25) is 5.91 Å². The van der Waals surface area contributed by atoms with Gasteiger partial charge in [-0.1, -0.05) is 50.1 Å². The highest BCUT2D eigenvalue weighted by Gasteiger charge is 2.09. The van der Waals surface area contributed by atoms with E-state index in [1.807, 2.05) is 30.3 Å². The summed E-state index contributed by atoms with van der Waals surface area (Å²) in [5, 5.41) is 2.90. The van der Waals surface area contributed by atoms with Gasteiger partial charge in [0, 0.05) is 12.6 Å². The lowest BCUT2D eigenvalue weighted by molar-refractivity contribution is -0.126. The molecule has 106 valence electrons. The maximum absolute atomic E-state index is 11.7. The third-order valence-corrected chi connectivity index (χ3v) is 2.90. The van der Waals surface area contributed by atoms with Crippen LogP contribution in [-0.4, -0.2) is 25.1 Å². The standard InChI is InChI=1S/C15H24N2O2/c1-2-3-9-14(10-16)17-15(18)12-19-11-13-7-5-4-6-8-13/h4-8,14H,2-3,9-12,16H2,1H3,(H,17,18). The Balaban J connectivity index is 2.19. The topological polar surface area (TPSA) is 64.3 Å². The van der Waals surface area contributed by atoms with E-state index in [1.165, 1.54) is 0 Å². The average Bonchev–Trinajstić information content (AvgIpc) is 2.44. The van der Waals surface area contributed by atoms with Gasteiger partial charge in [-0.15, -0.1) is 0 Å². The Morgan fingerprint density at radius 1 is 1.37 bits per heavy atom. The summed E-state index contributed by atoms with van der Waals surface area (Å²) in [5.74, 6) is -0.0949. The van der Waals surface area contributed by atoms with Crippen molar-refractivity contribution in [3.05, 3.63) is 35.9 Å². The van der Waals surface area contributed by atoms with E-state index >= 15 is 0 Å². The molecule has 0 aromatic heterocycles. The van der Waals surface area contributed by atoms with Crippen LogP contribution >= 0.6 is 0 Å². The number of nitrogens with one attached hydrogen (secondary N) is 1. The van der Waals surface area contributed by atoms with E-state index in [4.69, 9.17) is 10.5 Å². The molecule has 0 fully saturated rings. The molecule has 1 unspecified atom stereocenters. The van der Waals surface area contributed by atoms with Crippen molar-refractivity contribution in [3.8, 4) is 0 Å². The molecule has 1 aromatic rings. The average molecular weight is 264 g/mol. The van der Waals surface area contributed by atoms with Crippen LogP contribution in [-0.2, 0) is 16.1 Å². The zero-order valence-corrected chi connectivity index (χ0v) is 11.6. The van der Waals surface area contributed by atoms with Gasteiger partial charge in [-0.2, -0.15) is 0 Å². The molecule has 0 aliphatic carbocycles. The summed E-state index contributed by atoms with van der Waals surface area (Å²) in [7, 11) is 0. The monoisotopic (exact) mass is 264 g/mol. The SMILES string of the molecule is CCCCC(CN)NC(=O)COCc1ccccc1. The highest BCUT2D eigenvalue weighted by molar-refractivity contribution is 5.77. The molecule has 1 amide bonds. The number of hydrogen-bond acceptors (Lipinski definition) is 3. The first kappa shape index (κ1) is 15.7. The zero-order chi connectivity index (χ0) is 13.9. The van der Waals surface area contributed by atoms with Gasteiger partial charge in [0.15, 0.2) is 0 Å². The Bertz CT molecular complexity index is 354. The van der Waals surface area contributed by atoms with Crippen LogP contribution < -0.4 is 11.1 Å². The summed E-state index contributed by atoms with van der Waals surface area (Å²) in [6.07, 6.45) is 3.11. The molecule has 1 atom stereocenters. The van der Waals surface area contributed by atoms with Crippen LogP contribution in [0.25, 0.3) is 0 Å². The molecule has 0 bridgehead atoms. The highest BCUT2D eigenvalue weighted by atomic mass is 16.5. The molecular weight excluding hydrogens is 240 g/mol. The number of nitrogens with two attached hydrogens (primary N) is 1. The maximum atomic E-state index is 11.7. The van der Waals surface area contributed by atoms with Gasteiger partial charge in [0.05, 0.1) is 6.61 Å². The van der Waals surface area contributed by atoms with E-state index in [9.17, 15) is 4.79 Å². The Morgan fingerprint density at radius 2 is 2.11 bits per heavy atom. The van der Waals surface area contributed by atoms with Gasteiger partial charge < -0.3 is 15.8 Å². The first-order valence-electron chi connectivity index (χ1n) is 6.87. The fourth-order valence-corrected chi connectivity index (χ4v) is 1.80. The normalized spacial score (nSPS) is 12.1. The lowest BCUT2D eigenvalue weighted by Crippen LogP contribution is -2.41. The van der Waals surface area contributed by atoms with E-state index in [0.29, 0.717) is 13.2 Å². The molecule has 0 saturated heterocycles. The molecule has 3 N–H and O–H groups in total. The molecule has 0 aliphatic heterocycles. The van der Waals surface area contributed by atoms with Crippen LogP contribution in [0.1, 0.15) is 31.7 Å². The van der Waals surface area contributed by atoms with Crippen LogP contribution in [0.3, 0.4) is 0 Å². The molecule has 0 aliphatic rings. The second-order valence-electron chi connectivity index (χ2n) is 4.62. The van der Waals surface area contributed by atoms with Crippen LogP contribution in [0, 0.1) is 0 Å². The maximum Gasteiger partial charge on any atom is 0.246 e. The van der Waals surface area contributed by atoms with Crippen LogP contribution in [0.5, 0.6) is 0 Å². The summed E-state index contributed by atoms with van der Waals surface area (Å²) in [6.45, 7) is 3.14. The molecule has 4 heteroatoms. The number of hydrogen-bond donors (Lipinski definition) is 2. The molecule has 1 aromatic carbocycles. The number of carbonyl (C=O) groups excluding carboxylic acids is 1. The Labute approximate surface area is 115 Å². The lowest BCUT2D eigenvalue weighted by atomic mass is 10.1. The summed E-state index contributed by atoms with van der Waals surface area (Å²) in [6, 6.07) is 9.87. The number of carbonyl (C=O) groups is 1. The van der Waals surface area contributed by atoms with Gasteiger partial charge in [-0.05, 0) is 12.0 Å². The van der Waals surface area contributed by atoms with E-state index in [0.717, 1.165) is 24.8 Å². The minimum absolute atomic E-state index is 0.0628. The number of unbranched alkanes of at least 4 members (excludes halogenated alkanes) is 1. The second kappa shape index (κ2) is 9.53. The number of rotatable bonds is 9. The van der Waals surface area contributed by atoms with Crippen molar-refractivity contribution in [2.75, 3.05) is 13.2 Å². The third kappa shape index (κ3) is 6.94. The van der Waals surface area contributed by atoms with Gasteiger partial charge in [0.25, 0.3) is 0 Å². The van der Waals surface area contributed by atoms with Crippen molar-refractivity contribution in [2.24, 2.45) is 5.73 Å². The number of benzene rings is 1. The van der Waals surface area contributed by atoms with E-state index in [2.05, 4.69) is 12.2 Å². The first-order chi connectivity index (χ1) is 9.26. The van der Waals surface area contributed by atoms with E-state index in [-0.39, 0.29) is 18.6 Å². The Kier molecular flexibility index (Phi) is 7.86. The predicted octanol–water partition coefficient (Wildman–Crippen LogP) is 1.84. The quantitative estimate of drug-likeness (QED) is 0.715. The first-order valence-corrected chi connectivity index (χ1v) is 6.87. The summed E-state index contributed by atoms with van der Waals surface area (Å²) < 4.78 is 5.38. The summed E-state index contributed by atoms with van der Waals surface area (Å²) >= 11 is 0. The van der Waals surface area contributed by atoms with Crippen molar-refractivity contribution in [3.63, 3.8) is 0 Å². The molecule has 0 saturated carbocycles. The third-order valence-electron chi connectivity index (χ3n) is 2.90. The predicted molar refractivity (Wildman–Crippen MR) is 76.6 cm³/mol. The van der Waals surface area contributed by atoms with Gasteiger partial charge in [-0.25, -0.2) is 0 Å². The van der Waals surface area contributed by atoms with Crippen LogP contribution in [0.4, 0.5) is 0 Å². The molecule has 4 nitrogen and oxygen atoms in total. The molecule has 19 heavy (non-hydrogen) atoms. The Morgan fingerprint density at radius 3 is 2.74 bits per heavy atom. The van der Waals surface area contributed by atoms with Crippen molar-refractivity contribution < 1.29 is 9.53 Å². The summed E-state index contributed by atoms with van der Waals surface area (Å²) in [4.78, 5) is 11.7. The van der Waals surface area contributed by atoms with E-state index in [1.54, 1.807) is 0 Å². The van der Waals surface area contributed by atoms with Crippen molar-refractivity contribution >= 4 is 5.91 Å². The smallest absolute Gasteiger partial charge is 0.246 e. The lowest BCUT2D eigenvalue weighted by Gasteiger charge is -2.16. The fraction of sp³-hybridized carbons (Fsp3) is 0.533. The van der Waals surface area contributed by atoms with Gasteiger partial charge in [0.1, 0.15) is 6.61 Å². The van der Waals surface area contributed by atoms with Gasteiger partial charge in [-0.3, -0.25) is 4.79 Å². The van der Waals surface area contributed by atoms with Gasteiger partial charge >= 0.3 is 0 Å². The van der Waals surface area contributed by atoms with Crippen molar-refractivity contribution in [1.82, 2.24) is 5.32 Å². The minimum atomic E-state index is -0.0949. The molecule has 0 radical (unpaired) electrons. The largest absolute Gasteiger partial charge is 0.367 e. The van der Waals surface area contributed by atoms with Crippen LogP contribution in [0.2, 0.25) is 0 Å². The molecule has 0 spiro atoms. The number of amides is 1. The second-order valence-corrected chi connectivity index (χ2v) is 4.62. The molecule has 0 heterocycles. The Hall–Kier alpha value is -1.39. The molecular formula is C15H24N2O2. The molecule has 1 rings (SSSR count). The number of ether oxygens (including phenoxy) is 1. The fourth-order valence-electron chi connectivity index (χ4n) is 1.80. The van der Waals surface area contributed by atoms with E-state index < -0.39 is 0 Å². The van der Waals surface area contributed by atoms with Crippen LogP contribution in [0.15, 0.2) is 30.3 Å². The minimum Gasteiger partial charge on any atom is -0.367 e. The van der Waals surface area contributed by atoms with Crippen molar-refractivity contribution in [2.45, 2.75) is 38.8 Å².